The number of ether oxygens (including phenoxy) is 1. The number of benzene rings is 1. The summed E-state index contributed by atoms with van der Waals surface area (Å²) >= 11 is 0. The number of tetrazole rings is 1. The number of methoxy groups -OCH3 is 1. The average Bonchev–Trinajstić information content (AvgIpc) is 3.29. The molecule has 4 aromatic rings. The summed E-state index contributed by atoms with van der Waals surface area (Å²) in [6.07, 6.45) is 3.01. The summed E-state index contributed by atoms with van der Waals surface area (Å²) in [6, 6.07) is 7.75. The number of aromatic nitrogens is 7. The van der Waals surface area contributed by atoms with Crippen molar-refractivity contribution >= 4 is 17.5 Å². The minimum Gasteiger partial charge on any atom is -0.496 e. The number of fused-ring (bicyclic) bond motifs is 1. The van der Waals surface area contributed by atoms with Crippen molar-refractivity contribution in [3.8, 4) is 16.9 Å². The molecule has 0 aliphatic heterocycles. The smallest absolute Gasteiger partial charge is 0.249 e. The van der Waals surface area contributed by atoms with Gasteiger partial charge in [0.2, 0.25) is 11.9 Å². The third kappa shape index (κ3) is 3.42. The Labute approximate surface area is 151 Å². The first-order valence-corrected chi connectivity index (χ1v) is 7.83. The van der Waals surface area contributed by atoms with Gasteiger partial charge in [-0.2, -0.15) is 4.98 Å². The van der Waals surface area contributed by atoms with Gasteiger partial charge in [-0.25, -0.2) is 13.6 Å². The van der Waals surface area contributed by atoms with E-state index in [0.29, 0.717) is 22.5 Å². The monoisotopic (exact) mass is 368 g/mol. The second kappa shape index (κ2) is 6.78. The average molecular weight is 368 g/mol. The molecule has 0 spiro atoms. The number of anilines is 1. The number of amides is 1. The lowest BCUT2D eigenvalue weighted by Crippen LogP contribution is -2.19. The fraction of sp³-hybridized carbons (Fsp3) is 0.125. The maximum Gasteiger partial charge on any atom is 0.249 e. The number of hydrogen-bond acceptors (Lipinski definition) is 7. The Morgan fingerprint density at radius 2 is 2.19 bits per heavy atom. The van der Waals surface area contributed by atoms with E-state index in [1.807, 2.05) is 0 Å². The van der Waals surface area contributed by atoms with Gasteiger partial charge in [0.15, 0.2) is 5.65 Å². The van der Waals surface area contributed by atoms with Gasteiger partial charge in [0, 0.05) is 17.3 Å². The molecule has 0 aliphatic carbocycles. The lowest BCUT2D eigenvalue weighted by atomic mass is 10.1. The molecule has 0 bridgehead atoms. The summed E-state index contributed by atoms with van der Waals surface area (Å²) in [5.74, 6) is -0.0764. The molecular formula is C16H13FN8O2. The van der Waals surface area contributed by atoms with E-state index in [1.165, 1.54) is 34.8 Å². The molecule has 0 unspecified atom stereocenters. The lowest BCUT2D eigenvalue weighted by Gasteiger charge is -2.08. The summed E-state index contributed by atoms with van der Waals surface area (Å²) < 4.78 is 21.7. The zero-order valence-electron chi connectivity index (χ0n) is 14.1. The Kier molecular flexibility index (Phi) is 4.16. The van der Waals surface area contributed by atoms with Crippen LogP contribution in [0.3, 0.4) is 0 Å². The molecule has 10 nitrogen and oxygen atoms in total. The second-order valence-corrected chi connectivity index (χ2v) is 5.56. The highest BCUT2D eigenvalue weighted by molar-refractivity contribution is 5.88. The molecule has 1 N–H and O–H groups in total. The van der Waals surface area contributed by atoms with E-state index in [0.717, 1.165) is 0 Å². The summed E-state index contributed by atoms with van der Waals surface area (Å²) in [7, 11) is 1.52. The number of halogens is 1. The molecule has 11 heteroatoms. The quantitative estimate of drug-likeness (QED) is 0.563. The Hall–Kier alpha value is -3.89. The molecule has 4 rings (SSSR count). The number of hydrogen-bond donors (Lipinski definition) is 1. The SMILES string of the molecule is COc1ccc(F)cc1-c1ccc2nc(NC(=O)Cn3cnnn3)nn2c1. The molecule has 0 saturated heterocycles. The maximum absolute atomic E-state index is 13.6. The molecule has 1 aromatic carbocycles. The number of nitrogens with zero attached hydrogens (tertiary/aromatic N) is 7. The first kappa shape index (κ1) is 16.6. The minimum atomic E-state index is -0.375. The number of nitrogens with one attached hydrogen (secondary N) is 1. The van der Waals surface area contributed by atoms with Crippen molar-refractivity contribution in [3.63, 3.8) is 0 Å². The fourth-order valence-electron chi connectivity index (χ4n) is 2.57. The van der Waals surface area contributed by atoms with Gasteiger partial charge in [-0.15, -0.1) is 10.2 Å². The summed E-state index contributed by atoms with van der Waals surface area (Å²) in [5, 5.41) is 17.3. The van der Waals surface area contributed by atoms with Crippen LogP contribution in [0.2, 0.25) is 0 Å². The van der Waals surface area contributed by atoms with Gasteiger partial charge in [0.25, 0.3) is 0 Å². The van der Waals surface area contributed by atoms with Gasteiger partial charge < -0.3 is 4.74 Å². The van der Waals surface area contributed by atoms with Crippen LogP contribution < -0.4 is 10.1 Å². The van der Waals surface area contributed by atoms with Gasteiger partial charge >= 0.3 is 0 Å². The molecule has 3 aromatic heterocycles. The van der Waals surface area contributed by atoms with Crippen LogP contribution >= 0.6 is 0 Å². The van der Waals surface area contributed by atoms with Gasteiger partial charge in [-0.3, -0.25) is 10.1 Å². The van der Waals surface area contributed by atoms with Crippen LogP contribution in [0.1, 0.15) is 0 Å². The maximum atomic E-state index is 13.6. The summed E-state index contributed by atoms with van der Waals surface area (Å²) in [6.45, 7) is -0.0612. The van der Waals surface area contributed by atoms with Crippen LogP contribution in [0.25, 0.3) is 16.8 Å². The highest BCUT2D eigenvalue weighted by Crippen LogP contribution is 2.30. The Morgan fingerprint density at radius 1 is 1.30 bits per heavy atom. The van der Waals surface area contributed by atoms with E-state index < -0.39 is 0 Å². The number of carbonyl (C=O) groups excluding carboxylic acids is 1. The fourth-order valence-corrected chi connectivity index (χ4v) is 2.57. The molecule has 0 aliphatic rings. The van der Waals surface area contributed by atoms with Crippen molar-refractivity contribution < 1.29 is 13.9 Å². The van der Waals surface area contributed by atoms with E-state index >= 15 is 0 Å². The minimum absolute atomic E-state index is 0.0612. The standard InChI is InChI=1S/C16H13FN8O2/c1-27-13-4-3-11(17)6-12(13)10-2-5-14-19-16(21-25(14)7-10)20-15(26)8-24-9-18-22-23-24/h2-7,9H,8H2,1H3,(H,20,21,26). The highest BCUT2D eigenvalue weighted by atomic mass is 19.1. The van der Waals surface area contributed by atoms with Crippen molar-refractivity contribution in [1.29, 1.82) is 0 Å². The molecule has 0 fully saturated rings. The predicted molar refractivity (Wildman–Crippen MR) is 91.4 cm³/mol. The zero-order valence-corrected chi connectivity index (χ0v) is 14.1. The third-order valence-corrected chi connectivity index (χ3v) is 3.75. The van der Waals surface area contributed by atoms with Crippen LogP contribution in [0.5, 0.6) is 5.75 Å². The second-order valence-electron chi connectivity index (χ2n) is 5.56. The van der Waals surface area contributed by atoms with E-state index in [4.69, 9.17) is 4.74 Å². The normalized spacial score (nSPS) is 10.9. The summed E-state index contributed by atoms with van der Waals surface area (Å²) in [4.78, 5) is 16.2. The van der Waals surface area contributed by atoms with Crippen LogP contribution in [0.15, 0.2) is 42.9 Å². The zero-order chi connectivity index (χ0) is 18.8. The molecule has 0 saturated carbocycles. The van der Waals surface area contributed by atoms with E-state index in [9.17, 15) is 9.18 Å². The Morgan fingerprint density at radius 3 is 2.96 bits per heavy atom. The van der Waals surface area contributed by atoms with E-state index in [1.54, 1.807) is 24.4 Å². The third-order valence-electron chi connectivity index (χ3n) is 3.75. The van der Waals surface area contributed by atoms with Gasteiger partial charge in [0.05, 0.1) is 7.11 Å². The van der Waals surface area contributed by atoms with Crippen LogP contribution in [-0.2, 0) is 11.3 Å². The van der Waals surface area contributed by atoms with Crippen LogP contribution in [0.4, 0.5) is 10.3 Å². The lowest BCUT2D eigenvalue weighted by molar-refractivity contribution is -0.117. The van der Waals surface area contributed by atoms with Crippen molar-refractivity contribution in [2.45, 2.75) is 6.54 Å². The molecule has 27 heavy (non-hydrogen) atoms. The van der Waals surface area contributed by atoms with E-state index in [2.05, 4.69) is 30.9 Å². The first-order valence-electron chi connectivity index (χ1n) is 7.83. The number of carbonyl (C=O) groups is 1. The van der Waals surface area contributed by atoms with Gasteiger partial charge in [0.1, 0.15) is 24.4 Å². The Balaban J connectivity index is 1.60. The molecule has 0 atom stereocenters. The number of rotatable bonds is 5. The number of pyridine rings is 1. The van der Waals surface area contributed by atoms with Gasteiger partial charge in [-0.1, -0.05) is 0 Å². The molecule has 136 valence electrons. The highest BCUT2D eigenvalue weighted by Gasteiger charge is 2.12. The molecule has 1 amide bonds. The molecule has 3 heterocycles. The Bertz CT molecular complexity index is 1110. The molecule has 0 radical (unpaired) electrons. The van der Waals surface area contributed by atoms with Crippen molar-refractivity contribution in [2.24, 2.45) is 0 Å². The van der Waals surface area contributed by atoms with Gasteiger partial charge in [-0.05, 0) is 40.8 Å². The predicted octanol–water partition coefficient (Wildman–Crippen LogP) is 1.17. The van der Waals surface area contributed by atoms with Crippen molar-refractivity contribution in [2.75, 3.05) is 12.4 Å². The summed E-state index contributed by atoms with van der Waals surface area (Å²) in [5.41, 5.74) is 1.79. The van der Waals surface area contributed by atoms with Crippen molar-refractivity contribution in [1.82, 2.24) is 34.8 Å². The largest absolute Gasteiger partial charge is 0.496 e. The van der Waals surface area contributed by atoms with Crippen LogP contribution in [0, 0.1) is 5.82 Å². The van der Waals surface area contributed by atoms with Crippen molar-refractivity contribution in [3.05, 3.63) is 48.7 Å². The molecular weight excluding hydrogens is 355 g/mol. The topological polar surface area (TPSA) is 112 Å². The van der Waals surface area contributed by atoms with E-state index in [-0.39, 0.29) is 24.2 Å². The van der Waals surface area contributed by atoms with Crippen LogP contribution in [-0.4, -0.2) is 47.8 Å². The first-order chi connectivity index (χ1) is 13.1.